The summed E-state index contributed by atoms with van der Waals surface area (Å²) < 4.78 is 7.27. The van der Waals surface area contributed by atoms with Gasteiger partial charge in [0.1, 0.15) is 17.6 Å². The minimum atomic E-state index is -0.410. The van der Waals surface area contributed by atoms with Gasteiger partial charge in [-0.1, -0.05) is 6.07 Å². The summed E-state index contributed by atoms with van der Waals surface area (Å²) in [5.41, 5.74) is 2.64. The van der Waals surface area contributed by atoms with Gasteiger partial charge >= 0.3 is 0 Å². The first kappa shape index (κ1) is 17.5. The van der Waals surface area contributed by atoms with E-state index in [1.165, 1.54) is 0 Å². The first-order chi connectivity index (χ1) is 13.1. The van der Waals surface area contributed by atoms with E-state index in [4.69, 9.17) is 4.74 Å². The molecule has 8 nitrogen and oxygen atoms in total. The molecule has 1 aromatic carbocycles. The lowest BCUT2D eigenvalue weighted by atomic mass is 10.1. The van der Waals surface area contributed by atoms with Crippen molar-refractivity contribution in [2.75, 3.05) is 29.1 Å². The quantitative estimate of drug-likeness (QED) is 0.769. The summed E-state index contributed by atoms with van der Waals surface area (Å²) in [6, 6.07) is 5.27. The van der Waals surface area contributed by atoms with Gasteiger partial charge in [-0.15, -0.1) is 0 Å². The van der Waals surface area contributed by atoms with Crippen LogP contribution in [-0.2, 0) is 16.1 Å². The van der Waals surface area contributed by atoms with Crippen LogP contribution >= 0.6 is 0 Å². The number of carbonyl (C=O) groups is 2. The molecule has 2 aromatic rings. The maximum absolute atomic E-state index is 12.7. The van der Waals surface area contributed by atoms with E-state index in [1.807, 2.05) is 17.7 Å². The Hall–Kier alpha value is -2.87. The molecule has 8 heteroatoms. The number of anilines is 3. The molecule has 142 valence electrons. The summed E-state index contributed by atoms with van der Waals surface area (Å²) in [5.74, 6) is 0.419. The van der Waals surface area contributed by atoms with Gasteiger partial charge in [-0.3, -0.25) is 9.59 Å². The maximum atomic E-state index is 12.7. The molecule has 27 heavy (non-hydrogen) atoms. The highest BCUT2D eigenvalue weighted by Gasteiger charge is 2.24. The minimum absolute atomic E-state index is 0.164. The van der Waals surface area contributed by atoms with Crippen molar-refractivity contribution in [1.82, 2.24) is 9.78 Å². The number of aromatic nitrogens is 2. The van der Waals surface area contributed by atoms with Crippen molar-refractivity contribution in [3.05, 3.63) is 35.5 Å². The van der Waals surface area contributed by atoms with Gasteiger partial charge in [-0.05, 0) is 43.9 Å². The molecule has 1 unspecified atom stereocenters. The monoisotopic (exact) mass is 369 g/mol. The van der Waals surface area contributed by atoms with Gasteiger partial charge in [0.15, 0.2) is 0 Å². The second-order valence-electron chi connectivity index (χ2n) is 6.89. The van der Waals surface area contributed by atoms with Gasteiger partial charge in [0.25, 0.3) is 11.8 Å². The summed E-state index contributed by atoms with van der Waals surface area (Å²) in [6.07, 6.45) is 3.87. The highest BCUT2D eigenvalue weighted by Crippen LogP contribution is 2.26. The summed E-state index contributed by atoms with van der Waals surface area (Å²) in [5, 5.41) is 13.3. The second-order valence-corrected chi connectivity index (χ2v) is 6.89. The van der Waals surface area contributed by atoms with E-state index in [2.05, 4.69) is 21.0 Å². The average Bonchev–Trinajstić information content (AvgIpc) is 3.34. The van der Waals surface area contributed by atoms with Crippen molar-refractivity contribution in [3.63, 3.8) is 0 Å². The summed E-state index contributed by atoms with van der Waals surface area (Å²) in [7, 11) is 0. The lowest BCUT2D eigenvalue weighted by Gasteiger charge is -2.17. The first-order valence-corrected chi connectivity index (χ1v) is 9.26. The number of nitrogens with zero attached hydrogens (tertiary/aromatic N) is 2. The molecule has 2 aliphatic heterocycles. The van der Waals surface area contributed by atoms with E-state index < -0.39 is 6.10 Å². The molecule has 1 saturated heterocycles. The zero-order valence-electron chi connectivity index (χ0n) is 15.2. The predicted molar refractivity (Wildman–Crippen MR) is 102 cm³/mol. The normalized spacial score (nSPS) is 18.5. The fraction of sp³-hybridized carbons (Fsp3) is 0.421. The Morgan fingerprint density at radius 3 is 2.96 bits per heavy atom. The number of rotatable bonds is 4. The molecule has 1 aromatic heterocycles. The van der Waals surface area contributed by atoms with E-state index >= 15 is 0 Å². The largest absolute Gasteiger partial charge is 0.368 e. The Morgan fingerprint density at radius 2 is 2.15 bits per heavy atom. The zero-order valence-corrected chi connectivity index (χ0v) is 15.2. The molecule has 1 atom stereocenters. The van der Waals surface area contributed by atoms with Crippen LogP contribution in [0.3, 0.4) is 0 Å². The van der Waals surface area contributed by atoms with Crippen LogP contribution in [0.2, 0.25) is 0 Å². The topological polar surface area (TPSA) is 97.3 Å². The van der Waals surface area contributed by atoms with Gasteiger partial charge in [-0.2, -0.15) is 5.10 Å². The molecule has 2 amide bonds. The number of hydrogen-bond donors (Lipinski definition) is 3. The third-order valence-corrected chi connectivity index (χ3v) is 4.91. The molecule has 4 rings (SSSR count). The molecule has 1 fully saturated rings. The fourth-order valence-corrected chi connectivity index (χ4v) is 3.36. The van der Waals surface area contributed by atoms with Gasteiger partial charge < -0.3 is 20.7 Å². The number of ether oxygens (including phenoxy) is 1. The van der Waals surface area contributed by atoms with Crippen LogP contribution in [0.5, 0.6) is 0 Å². The number of hydrogen-bond acceptors (Lipinski definition) is 5. The lowest BCUT2D eigenvalue weighted by molar-refractivity contribution is -0.124. The zero-order chi connectivity index (χ0) is 18.8. The van der Waals surface area contributed by atoms with Crippen LogP contribution in [0.1, 0.15) is 35.2 Å². The number of benzene rings is 1. The molecule has 0 radical (unpaired) electrons. The first-order valence-electron chi connectivity index (χ1n) is 9.26. The van der Waals surface area contributed by atoms with E-state index in [0.29, 0.717) is 23.5 Å². The van der Waals surface area contributed by atoms with E-state index in [0.717, 1.165) is 43.7 Å². The molecule has 2 aliphatic rings. The molecular formula is C19H23N5O3. The lowest BCUT2D eigenvalue weighted by Crippen LogP contribution is -2.27. The second kappa shape index (κ2) is 7.40. The van der Waals surface area contributed by atoms with Crippen molar-refractivity contribution in [3.8, 4) is 0 Å². The number of nitrogens with one attached hydrogen (secondary N) is 3. The Kier molecular flexibility index (Phi) is 4.81. The van der Waals surface area contributed by atoms with Crippen molar-refractivity contribution in [2.45, 2.75) is 38.8 Å². The molecule has 0 saturated carbocycles. The summed E-state index contributed by atoms with van der Waals surface area (Å²) in [4.78, 5) is 25.0. The van der Waals surface area contributed by atoms with Crippen molar-refractivity contribution < 1.29 is 14.3 Å². The number of amides is 2. The highest BCUT2D eigenvalue weighted by atomic mass is 16.5. The smallest absolute Gasteiger partial charge is 0.255 e. The third-order valence-electron chi connectivity index (χ3n) is 4.91. The predicted octanol–water partition coefficient (Wildman–Crippen LogP) is 2.38. The van der Waals surface area contributed by atoms with Crippen LogP contribution in [-0.4, -0.2) is 40.9 Å². The average molecular weight is 369 g/mol. The summed E-state index contributed by atoms with van der Waals surface area (Å²) >= 11 is 0. The highest BCUT2D eigenvalue weighted by molar-refractivity contribution is 6.07. The third kappa shape index (κ3) is 3.66. The van der Waals surface area contributed by atoms with Gasteiger partial charge in [0.2, 0.25) is 0 Å². The minimum Gasteiger partial charge on any atom is -0.368 e. The molecule has 3 heterocycles. The van der Waals surface area contributed by atoms with Crippen molar-refractivity contribution in [1.29, 1.82) is 0 Å². The van der Waals surface area contributed by atoms with Crippen molar-refractivity contribution >= 4 is 29.0 Å². The van der Waals surface area contributed by atoms with Crippen LogP contribution in [0, 0.1) is 6.92 Å². The molecule has 0 spiro atoms. The molecular weight excluding hydrogens is 346 g/mol. The van der Waals surface area contributed by atoms with E-state index in [-0.39, 0.29) is 11.8 Å². The standard InChI is InChI=1S/C19H23N5O3/c1-12-5-6-13(10-14(12)22-19(26)16-4-2-9-27-16)18(25)23-15-11-21-24-8-3-7-20-17(15)24/h5-6,10-11,16,20H,2-4,7-9H2,1H3,(H,22,26)(H,23,25). The van der Waals surface area contributed by atoms with Gasteiger partial charge in [-0.25, -0.2) is 4.68 Å². The van der Waals surface area contributed by atoms with Crippen LogP contribution in [0.25, 0.3) is 0 Å². The molecule has 3 N–H and O–H groups in total. The Balaban J connectivity index is 1.49. The maximum Gasteiger partial charge on any atom is 0.255 e. The molecule has 0 bridgehead atoms. The van der Waals surface area contributed by atoms with Crippen molar-refractivity contribution in [2.24, 2.45) is 0 Å². The van der Waals surface area contributed by atoms with Crippen LogP contribution < -0.4 is 16.0 Å². The van der Waals surface area contributed by atoms with Crippen LogP contribution in [0.15, 0.2) is 24.4 Å². The fourth-order valence-electron chi connectivity index (χ4n) is 3.36. The van der Waals surface area contributed by atoms with Crippen LogP contribution in [0.4, 0.5) is 17.2 Å². The summed E-state index contributed by atoms with van der Waals surface area (Å²) in [6.45, 7) is 4.20. The number of fused-ring (bicyclic) bond motifs is 1. The Bertz CT molecular complexity index is 870. The Morgan fingerprint density at radius 1 is 1.26 bits per heavy atom. The van der Waals surface area contributed by atoms with E-state index in [1.54, 1.807) is 18.3 Å². The number of aryl methyl sites for hydroxylation is 2. The van der Waals surface area contributed by atoms with E-state index in [9.17, 15) is 9.59 Å². The SMILES string of the molecule is Cc1ccc(C(=O)Nc2cnn3c2NCCC3)cc1NC(=O)C1CCCO1. The number of carbonyl (C=O) groups excluding carboxylic acids is 2. The Labute approximate surface area is 157 Å². The molecule has 0 aliphatic carbocycles. The van der Waals surface area contributed by atoms with Gasteiger partial charge in [0, 0.05) is 30.9 Å². The van der Waals surface area contributed by atoms with Gasteiger partial charge in [0.05, 0.1) is 6.20 Å².